The zero-order chi connectivity index (χ0) is 15.8. The van der Waals surface area contributed by atoms with Gasteiger partial charge in [-0.2, -0.15) is 18.2 Å². The van der Waals surface area contributed by atoms with Gasteiger partial charge in [-0.05, 0) is 25.0 Å². The van der Waals surface area contributed by atoms with Gasteiger partial charge in [0.15, 0.2) is 0 Å². The molecule has 0 radical (unpaired) electrons. The lowest BCUT2D eigenvalue weighted by molar-refractivity contribution is -0.137. The van der Waals surface area contributed by atoms with E-state index in [0.717, 1.165) is 44.2 Å². The molecule has 1 aromatic carbocycles. The topological polar surface area (TPSA) is 64.9 Å². The van der Waals surface area contributed by atoms with Crippen LogP contribution in [0.4, 0.5) is 13.2 Å². The molecule has 2 aromatic rings. The molecule has 7 heteroatoms. The molecule has 1 aliphatic carbocycles. The molecule has 0 atom stereocenters. The summed E-state index contributed by atoms with van der Waals surface area (Å²) in [5.74, 6) is 0.626. The molecule has 1 saturated carbocycles. The monoisotopic (exact) mass is 311 g/mol. The van der Waals surface area contributed by atoms with Gasteiger partial charge in [-0.25, -0.2) is 0 Å². The number of halogens is 3. The summed E-state index contributed by atoms with van der Waals surface area (Å²) >= 11 is 0. The van der Waals surface area contributed by atoms with Crippen molar-refractivity contribution in [3.63, 3.8) is 0 Å². The van der Waals surface area contributed by atoms with Crippen LogP contribution in [0.25, 0.3) is 11.4 Å². The Morgan fingerprint density at radius 1 is 1.05 bits per heavy atom. The van der Waals surface area contributed by atoms with E-state index in [0.29, 0.717) is 11.5 Å². The minimum atomic E-state index is -4.36. The van der Waals surface area contributed by atoms with Gasteiger partial charge in [0, 0.05) is 5.56 Å². The van der Waals surface area contributed by atoms with Gasteiger partial charge in [0.05, 0.1) is 11.1 Å². The van der Waals surface area contributed by atoms with Crippen molar-refractivity contribution in [1.29, 1.82) is 0 Å². The van der Waals surface area contributed by atoms with Gasteiger partial charge < -0.3 is 10.3 Å². The Labute approximate surface area is 125 Å². The predicted molar refractivity (Wildman–Crippen MR) is 73.7 cm³/mol. The Balaban J connectivity index is 1.84. The van der Waals surface area contributed by atoms with E-state index in [4.69, 9.17) is 10.3 Å². The number of aromatic nitrogens is 2. The van der Waals surface area contributed by atoms with Crippen LogP contribution >= 0.6 is 0 Å². The third kappa shape index (κ3) is 2.85. The van der Waals surface area contributed by atoms with Crippen LogP contribution in [0.2, 0.25) is 0 Å². The summed E-state index contributed by atoms with van der Waals surface area (Å²) in [6.07, 6.45) is 0.357. The van der Waals surface area contributed by atoms with Crippen molar-refractivity contribution < 1.29 is 17.7 Å². The first kappa shape index (κ1) is 15.0. The lowest BCUT2D eigenvalue weighted by Gasteiger charge is -2.29. The summed E-state index contributed by atoms with van der Waals surface area (Å²) < 4.78 is 42.9. The first-order valence-corrected chi connectivity index (χ1v) is 7.19. The molecule has 1 aliphatic rings. The number of alkyl halides is 3. The average Bonchev–Trinajstić information content (AvgIpc) is 2.98. The van der Waals surface area contributed by atoms with Gasteiger partial charge in [0.1, 0.15) is 0 Å². The molecule has 1 fully saturated rings. The van der Waals surface area contributed by atoms with Crippen LogP contribution in [0.5, 0.6) is 0 Å². The number of hydrogen-bond acceptors (Lipinski definition) is 4. The van der Waals surface area contributed by atoms with Crippen LogP contribution in [0.3, 0.4) is 0 Å². The highest BCUT2D eigenvalue weighted by Crippen LogP contribution is 2.35. The second kappa shape index (κ2) is 5.39. The Morgan fingerprint density at radius 3 is 2.27 bits per heavy atom. The van der Waals surface area contributed by atoms with E-state index >= 15 is 0 Å². The molecule has 0 spiro atoms. The van der Waals surface area contributed by atoms with E-state index in [1.54, 1.807) is 0 Å². The highest BCUT2D eigenvalue weighted by molar-refractivity contribution is 5.55. The van der Waals surface area contributed by atoms with Crippen molar-refractivity contribution in [1.82, 2.24) is 10.1 Å². The molecule has 0 aliphatic heterocycles. The Morgan fingerprint density at radius 2 is 1.68 bits per heavy atom. The van der Waals surface area contributed by atoms with Gasteiger partial charge in [-0.15, -0.1) is 0 Å². The minimum absolute atomic E-state index is 0.263. The molecule has 3 rings (SSSR count). The maximum absolute atomic E-state index is 12.6. The second-order valence-electron chi connectivity index (χ2n) is 5.72. The van der Waals surface area contributed by atoms with E-state index < -0.39 is 17.3 Å². The highest BCUT2D eigenvalue weighted by Gasteiger charge is 2.35. The Hall–Kier alpha value is -1.89. The predicted octanol–water partition coefficient (Wildman–Crippen LogP) is 3.87. The number of nitrogens with two attached hydrogens (primary N) is 1. The van der Waals surface area contributed by atoms with Crippen molar-refractivity contribution in [3.8, 4) is 11.4 Å². The van der Waals surface area contributed by atoms with E-state index in [-0.39, 0.29) is 5.82 Å². The molecule has 2 N–H and O–H groups in total. The fourth-order valence-electron chi connectivity index (χ4n) is 2.75. The van der Waals surface area contributed by atoms with Crippen LogP contribution in [0, 0.1) is 0 Å². The summed E-state index contributed by atoms with van der Waals surface area (Å²) in [5.41, 5.74) is 5.46. The lowest BCUT2D eigenvalue weighted by atomic mass is 9.82. The normalized spacial score (nSPS) is 18.4. The Bertz CT molecular complexity index is 643. The van der Waals surface area contributed by atoms with Crippen molar-refractivity contribution in [2.24, 2.45) is 5.73 Å². The molecule has 1 heterocycles. The molecule has 1 aromatic heterocycles. The van der Waals surface area contributed by atoms with E-state index in [9.17, 15) is 13.2 Å². The molecular formula is C15H16F3N3O. The first-order valence-electron chi connectivity index (χ1n) is 7.19. The van der Waals surface area contributed by atoms with Gasteiger partial charge in [-0.3, -0.25) is 0 Å². The van der Waals surface area contributed by atoms with Gasteiger partial charge in [0.25, 0.3) is 0 Å². The van der Waals surface area contributed by atoms with Crippen molar-refractivity contribution in [2.75, 3.05) is 0 Å². The molecule has 0 amide bonds. The van der Waals surface area contributed by atoms with E-state index in [2.05, 4.69) is 10.1 Å². The molecule has 4 nitrogen and oxygen atoms in total. The van der Waals surface area contributed by atoms with Crippen LogP contribution in [-0.2, 0) is 11.7 Å². The van der Waals surface area contributed by atoms with Gasteiger partial charge in [-0.1, -0.05) is 36.6 Å². The summed E-state index contributed by atoms with van der Waals surface area (Å²) in [5, 5.41) is 3.85. The third-order valence-electron chi connectivity index (χ3n) is 4.07. The fourth-order valence-corrected chi connectivity index (χ4v) is 2.75. The van der Waals surface area contributed by atoms with Crippen LogP contribution < -0.4 is 5.73 Å². The summed E-state index contributed by atoms with van der Waals surface area (Å²) in [4.78, 5) is 4.28. The maximum Gasteiger partial charge on any atom is 0.416 e. The largest absolute Gasteiger partial charge is 0.416 e. The number of rotatable bonds is 2. The average molecular weight is 311 g/mol. The van der Waals surface area contributed by atoms with Crippen LogP contribution in [-0.4, -0.2) is 10.1 Å². The van der Waals surface area contributed by atoms with Crippen LogP contribution in [0.15, 0.2) is 28.8 Å². The SMILES string of the molecule is NC1(c2nc(-c3ccc(C(F)(F)F)cc3)no2)CCCCC1. The Kier molecular flexibility index (Phi) is 3.68. The maximum atomic E-state index is 12.6. The summed E-state index contributed by atoms with van der Waals surface area (Å²) in [7, 11) is 0. The van der Waals surface area contributed by atoms with E-state index in [1.807, 2.05) is 0 Å². The second-order valence-corrected chi connectivity index (χ2v) is 5.72. The molecule has 0 saturated heterocycles. The number of benzene rings is 1. The van der Waals surface area contributed by atoms with Crippen LogP contribution in [0.1, 0.15) is 43.6 Å². The molecule has 118 valence electrons. The molecule has 22 heavy (non-hydrogen) atoms. The van der Waals surface area contributed by atoms with Crippen molar-refractivity contribution in [2.45, 2.75) is 43.8 Å². The zero-order valence-corrected chi connectivity index (χ0v) is 11.9. The summed E-state index contributed by atoms with van der Waals surface area (Å²) in [6, 6.07) is 4.68. The number of nitrogens with zero attached hydrogens (tertiary/aromatic N) is 2. The minimum Gasteiger partial charge on any atom is -0.337 e. The van der Waals surface area contributed by atoms with Gasteiger partial charge >= 0.3 is 6.18 Å². The quantitative estimate of drug-likeness (QED) is 0.914. The summed E-state index contributed by atoms with van der Waals surface area (Å²) in [6.45, 7) is 0. The third-order valence-corrected chi connectivity index (χ3v) is 4.07. The lowest BCUT2D eigenvalue weighted by Crippen LogP contribution is -2.38. The fraction of sp³-hybridized carbons (Fsp3) is 0.467. The zero-order valence-electron chi connectivity index (χ0n) is 11.9. The van der Waals surface area contributed by atoms with E-state index in [1.165, 1.54) is 12.1 Å². The standard InChI is InChI=1S/C15H16F3N3O/c16-15(17,18)11-6-4-10(5-7-11)12-20-13(22-21-12)14(19)8-2-1-3-9-14/h4-7H,1-3,8-9,19H2. The molecule has 0 bridgehead atoms. The van der Waals surface area contributed by atoms with Crippen molar-refractivity contribution >= 4 is 0 Å². The number of hydrogen-bond donors (Lipinski definition) is 1. The molecular weight excluding hydrogens is 295 g/mol. The first-order chi connectivity index (χ1) is 10.4. The highest BCUT2D eigenvalue weighted by atomic mass is 19.4. The van der Waals surface area contributed by atoms with Gasteiger partial charge in [0.2, 0.25) is 11.7 Å². The van der Waals surface area contributed by atoms with Crippen molar-refractivity contribution in [3.05, 3.63) is 35.7 Å². The molecule has 0 unspecified atom stereocenters. The smallest absolute Gasteiger partial charge is 0.337 e.